The molecule has 1 rings (SSSR count). The van der Waals surface area contributed by atoms with Crippen molar-refractivity contribution in [2.24, 2.45) is 0 Å². The van der Waals surface area contributed by atoms with Crippen molar-refractivity contribution in [1.82, 2.24) is 4.72 Å². The summed E-state index contributed by atoms with van der Waals surface area (Å²) in [5, 5.41) is 9.04. The molecule has 0 amide bonds. The van der Waals surface area contributed by atoms with Gasteiger partial charge in [0.05, 0.1) is 15.5 Å². The van der Waals surface area contributed by atoms with E-state index in [2.05, 4.69) is 4.72 Å². The molecule has 5 nitrogen and oxygen atoms in total. The summed E-state index contributed by atoms with van der Waals surface area (Å²) in [5.41, 5.74) is -0.753. The lowest BCUT2D eigenvalue weighted by Gasteiger charge is -2.31. The molecule has 0 fully saturated rings. The molecule has 0 unspecified atom stereocenters. The molecule has 118 valence electrons. The Bertz CT molecular complexity index is 616. The number of aromatic carboxylic acids is 1. The van der Waals surface area contributed by atoms with Crippen LogP contribution in [0.2, 0.25) is 5.02 Å². The van der Waals surface area contributed by atoms with E-state index in [9.17, 15) is 13.2 Å². The van der Waals surface area contributed by atoms with Gasteiger partial charge in [0.25, 0.3) is 0 Å². The van der Waals surface area contributed by atoms with Crippen molar-refractivity contribution in [2.45, 2.75) is 50.5 Å². The number of carbonyl (C=O) groups is 1. The Morgan fingerprint density at radius 1 is 1.24 bits per heavy atom. The highest BCUT2D eigenvalue weighted by atomic mass is 35.5. The number of sulfonamides is 1. The molecule has 0 heterocycles. The standard InChI is InChI=1S/C14H20ClNO4S/c1-4-14(5-2,6-3)16-21(19,20)10-7-8-12(15)11(9-10)13(17)18/h7-9,16H,4-6H2,1-3H3,(H,17,18). The Labute approximate surface area is 130 Å². The zero-order chi connectivity index (χ0) is 16.3. The van der Waals surface area contributed by atoms with Crippen molar-refractivity contribution in [3.8, 4) is 0 Å². The number of hydrogen-bond donors (Lipinski definition) is 2. The summed E-state index contributed by atoms with van der Waals surface area (Å²) in [6, 6.07) is 3.67. The van der Waals surface area contributed by atoms with Crippen LogP contribution in [0, 0.1) is 0 Å². The summed E-state index contributed by atoms with van der Waals surface area (Å²) in [4.78, 5) is 11.0. The topological polar surface area (TPSA) is 83.5 Å². The third-order valence-electron chi connectivity index (χ3n) is 3.86. The molecule has 21 heavy (non-hydrogen) atoms. The predicted octanol–water partition coefficient (Wildman–Crippen LogP) is 3.29. The summed E-state index contributed by atoms with van der Waals surface area (Å²) in [6.45, 7) is 5.75. The van der Waals surface area contributed by atoms with Gasteiger partial charge in [-0.2, -0.15) is 0 Å². The van der Waals surface area contributed by atoms with Gasteiger partial charge >= 0.3 is 5.97 Å². The van der Waals surface area contributed by atoms with E-state index in [0.29, 0.717) is 19.3 Å². The molecule has 0 aromatic heterocycles. The van der Waals surface area contributed by atoms with E-state index in [-0.39, 0.29) is 15.5 Å². The maximum atomic E-state index is 12.5. The number of hydrogen-bond acceptors (Lipinski definition) is 3. The second-order valence-electron chi connectivity index (χ2n) is 4.89. The Kier molecular flexibility index (Phi) is 5.78. The van der Waals surface area contributed by atoms with Crippen LogP contribution in [0.3, 0.4) is 0 Å². The normalized spacial score (nSPS) is 12.4. The van der Waals surface area contributed by atoms with Crippen LogP contribution >= 0.6 is 11.6 Å². The Morgan fingerprint density at radius 3 is 2.19 bits per heavy atom. The van der Waals surface area contributed by atoms with Crippen molar-refractivity contribution in [2.75, 3.05) is 0 Å². The number of carboxylic acid groups (broad SMARTS) is 1. The summed E-state index contributed by atoms with van der Waals surface area (Å²) in [6.07, 6.45) is 1.95. The van der Waals surface area contributed by atoms with E-state index >= 15 is 0 Å². The first-order valence-corrected chi connectivity index (χ1v) is 8.64. The van der Waals surface area contributed by atoms with E-state index in [1.807, 2.05) is 20.8 Å². The predicted molar refractivity (Wildman–Crippen MR) is 82.3 cm³/mol. The summed E-state index contributed by atoms with van der Waals surface area (Å²) in [7, 11) is -3.80. The van der Waals surface area contributed by atoms with Gasteiger partial charge < -0.3 is 5.11 Å². The molecule has 1 aromatic rings. The number of carboxylic acids is 1. The van der Waals surface area contributed by atoms with Crippen molar-refractivity contribution in [1.29, 1.82) is 0 Å². The average Bonchev–Trinajstić information content (AvgIpc) is 2.44. The second-order valence-corrected chi connectivity index (χ2v) is 6.98. The highest BCUT2D eigenvalue weighted by Crippen LogP contribution is 2.25. The minimum absolute atomic E-state index is 0.00851. The molecule has 0 atom stereocenters. The molecule has 7 heteroatoms. The third-order valence-corrected chi connectivity index (χ3v) is 5.77. The van der Waals surface area contributed by atoms with Crippen LogP contribution in [0.1, 0.15) is 50.4 Å². The molecule has 0 spiro atoms. The van der Waals surface area contributed by atoms with Gasteiger partial charge in [0.1, 0.15) is 0 Å². The Balaban J connectivity index is 3.26. The smallest absolute Gasteiger partial charge is 0.337 e. The first-order valence-electron chi connectivity index (χ1n) is 6.78. The van der Waals surface area contributed by atoms with E-state index in [0.717, 1.165) is 6.07 Å². The van der Waals surface area contributed by atoms with E-state index in [1.54, 1.807) is 0 Å². The quantitative estimate of drug-likeness (QED) is 0.802. The lowest BCUT2D eigenvalue weighted by molar-refractivity contribution is 0.0697. The maximum Gasteiger partial charge on any atom is 0.337 e. The number of rotatable bonds is 7. The molecule has 0 aliphatic carbocycles. The fourth-order valence-electron chi connectivity index (χ4n) is 2.15. The zero-order valence-electron chi connectivity index (χ0n) is 12.3. The summed E-state index contributed by atoms with van der Waals surface area (Å²) in [5.74, 6) is -1.26. The van der Waals surface area contributed by atoms with Gasteiger partial charge in [-0.3, -0.25) is 0 Å². The molecular formula is C14H20ClNO4S. The molecule has 1 aromatic carbocycles. The molecule has 0 saturated heterocycles. The van der Waals surface area contributed by atoms with Crippen molar-refractivity contribution >= 4 is 27.6 Å². The van der Waals surface area contributed by atoms with Crippen LogP contribution in [0.15, 0.2) is 23.1 Å². The zero-order valence-corrected chi connectivity index (χ0v) is 13.9. The van der Waals surface area contributed by atoms with Crippen LogP contribution < -0.4 is 4.72 Å². The first-order chi connectivity index (χ1) is 9.71. The minimum Gasteiger partial charge on any atom is -0.478 e. The molecule has 0 aliphatic rings. The van der Waals surface area contributed by atoms with Crippen LogP contribution in [-0.2, 0) is 10.0 Å². The van der Waals surface area contributed by atoms with Gasteiger partial charge in [0, 0.05) is 5.54 Å². The minimum atomic E-state index is -3.80. The summed E-state index contributed by atoms with van der Waals surface area (Å²) >= 11 is 5.76. The second kappa shape index (κ2) is 6.77. The highest BCUT2D eigenvalue weighted by Gasteiger charge is 2.30. The van der Waals surface area contributed by atoms with E-state index in [1.165, 1.54) is 12.1 Å². The van der Waals surface area contributed by atoms with Crippen molar-refractivity contribution < 1.29 is 18.3 Å². The van der Waals surface area contributed by atoms with Gasteiger partial charge in [-0.25, -0.2) is 17.9 Å². The maximum absolute atomic E-state index is 12.5. The average molecular weight is 334 g/mol. The Morgan fingerprint density at radius 2 is 1.76 bits per heavy atom. The lowest BCUT2D eigenvalue weighted by atomic mass is 9.91. The fraction of sp³-hybridized carbons (Fsp3) is 0.500. The van der Waals surface area contributed by atoms with Gasteiger partial charge in [0.15, 0.2) is 0 Å². The molecule has 0 bridgehead atoms. The largest absolute Gasteiger partial charge is 0.478 e. The van der Waals surface area contributed by atoms with Crippen molar-refractivity contribution in [3.63, 3.8) is 0 Å². The van der Waals surface area contributed by atoms with Crippen molar-refractivity contribution in [3.05, 3.63) is 28.8 Å². The van der Waals surface area contributed by atoms with Crippen LogP contribution in [0.25, 0.3) is 0 Å². The van der Waals surface area contributed by atoms with Gasteiger partial charge in [-0.1, -0.05) is 32.4 Å². The third kappa shape index (κ3) is 3.96. The highest BCUT2D eigenvalue weighted by molar-refractivity contribution is 7.89. The fourth-order valence-corrected chi connectivity index (χ4v) is 3.99. The lowest BCUT2D eigenvalue weighted by Crippen LogP contribution is -2.46. The molecule has 2 N–H and O–H groups in total. The van der Waals surface area contributed by atoms with E-state index < -0.39 is 21.5 Å². The summed E-state index contributed by atoms with van der Waals surface area (Å²) < 4.78 is 27.6. The van der Waals surface area contributed by atoms with Crippen LogP contribution in [0.4, 0.5) is 0 Å². The van der Waals surface area contributed by atoms with Crippen LogP contribution in [-0.4, -0.2) is 25.0 Å². The molecule has 0 aliphatic heterocycles. The van der Waals surface area contributed by atoms with Gasteiger partial charge in [-0.15, -0.1) is 0 Å². The number of halogens is 1. The molecule has 0 saturated carbocycles. The monoisotopic (exact) mass is 333 g/mol. The SMILES string of the molecule is CCC(CC)(CC)NS(=O)(=O)c1ccc(Cl)c(C(=O)O)c1. The number of nitrogens with one attached hydrogen (secondary N) is 1. The number of benzene rings is 1. The molecule has 0 radical (unpaired) electrons. The molecular weight excluding hydrogens is 314 g/mol. The van der Waals surface area contributed by atoms with Gasteiger partial charge in [0.2, 0.25) is 10.0 Å². The van der Waals surface area contributed by atoms with Gasteiger partial charge in [-0.05, 0) is 37.5 Å². The Hall–Kier alpha value is -1.11. The van der Waals surface area contributed by atoms with E-state index in [4.69, 9.17) is 16.7 Å². The van der Waals surface area contributed by atoms with Crippen LogP contribution in [0.5, 0.6) is 0 Å². The first kappa shape index (κ1) is 17.9.